The summed E-state index contributed by atoms with van der Waals surface area (Å²) in [6.45, 7) is 4.34. The van der Waals surface area contributed by atoms with E-state index in [1.54, 1.807) is 0 Å². The molecule has 1 aliphatic rings. The summed E-state index contributed by atoms with van der Waals surface area (Å²) in [7, 11) is 0. The maximum Gasteiger partial charge on any atom is 0.389 e. The smallest absolute Gasteiger partial charge is 0.330 e. The van der Waals surface area contributed by atoms with Crippen LogP contribution < -0.4 is 5.73 Å². The molecule has 1 rings (SSSR count). The van der Waals surface area contributed by atoms with Gasteiger partial charge in [0, 0.05) is 6.42 Å². The molecule has 0 radical (unpaired) electrons. The third-order valence-corrected chi connectivity index (χ3v) is 3.37. The maximum absolute atomic E-state index is 12.0. The monoisotopic (exact) mass is 195 g/mol. The number of hydrogen-bond donors (Lipinski definition) is 1. The van der Waals surface area contributed by atoms with Gasteiger partial charge in [-0.15, -0.1) is 0 Å². The molecule has 1 fully saturated rings. The second kappa shape index (κ2) is 2.87. The Bertz CT molecular complexity index is 198. The molecular weight excluding hydrogens is 179 g/mol. The molecule has 0 aromatic heterocycles. The lowest BCUT2D eigenvalue weighted by Crippen LogP contribution is -2.23. The van der Waals surface area contributed by atoms with E-state index in [0.29, 0.717) is 6.54 Å². The number of halogens is 3. The van der Waals surface area contributed by atoms with E-state index in [1.165, 1.54) is 0 Å². The molecule has 1 atom stereocenters. The molecule has 1 unspecified atom stereocenters. The van der Waals surface area contributed by atoms with Gasteiger partial charge in [-0.2, -0.15) is 13.2 Å². The molecule has 0 bridgehead atoms. The van der Waals surface area contributed by atoms with Crippen molar-refractivity contribution in [3.63, 3.8) is 0 Å². The van der Waals surface area contributed by atoms with Crippen LogP contribution in [0.2, 0.25) is 0 Å². The van der Waals surface area contributed by atoms with Crippen molar-refractivity contribution < 1.29 is 13.2 Å². The molecule has 0 saturated heterocycles. The molecule has 1 nitrogen and oxygen atoms in total. The summed E-state index contributed by atoms with van der Waals surface area (Å²) < 4.78 is 35.9. The Kier molecular flexibility index (Phi) is 2.39. The van der Waals surface area contributed by atoms with Gasteiger partial charge in [0.1, 0.15) is 0 Å². The van der Waals surface area contributed by atoms with Crippen LogP contribution in [0.4, 0.5) is 13.2 Å². The van der Waals surface area contributed by atoms with E-state index < -0.39 is 12.6 Å². The van der Waals surface area contributed by atoms with E-state index in [-0.39, 0.29) is 17.3 Å². The molecule has 0 aliphatic heterocycles. The van der Waals surface area contributed by atoms with Crippen molar-refractivity contribution in [2.45, 2.75) is 39.3 Å². The van der Waals surface area contributed by atoms with Crippen molar-refractivity contribution in [1.29, 1.82) is 0 Å². The molecule has 0 amide bonds. The van der Waals surface area contributed by atoms with Crippen LogP contribution >= 0.6 is 0 Å². The van der Waals surface area contributed by atoms with Gasteiger partial charge >= 0.3 is 6.18 Å². The highest BCUT2D eigenvalue weighted by Crippen LogP contribution is 2.65. The summed E-state index contributed by atoms with van der Waals surface area (Å²) in [5, 5.41) is 0. The Morgan fingerprint density at radius 2 is 1.77 bits per heavy atom. The van der Waals surface area contributed by atoms with Crippen LogP contribution in [-0.4, -0.2) is 12.7 Å². The molecule has 0 aromatic carbocycles. The second-order valence-electron chi connectivity index (χ2n) is 4.66. The lowest BCUT2D eigenvalue weighted by molar-refractivity contribution is -0.138. The van der Waals surface area contributed by atoms with Gasteiger partial charge in [0.15, 0.2) is 0 Å². The van der Waals surface area contributed by atoms with Gasteiger partial charge in [0.25, 0.3) is 0 Å². The minimum atomic E-state index is -4.04. The minimum absolute atomic E-state index is 0.00694. The summed E-state index contributed by atoms with van der Waals surface area (Å²) in [6, 6.07) is 0. The number of alkyl halides is 3. The van der Waals surface area contributed by atoms with Crippen LogP contribution in [-0.2, 0) is 0 Å². The molecule has 78 valence electrons. The standard InChI is InChI=1S/C9H16F3N/c1-7(2)5-8(7,6-13)3-4-9(10,11)12/h3-6,13H2,1-2H3. The van der Waals surface area contributed by atoms with Gasteiger partial charge in [0.2, 0.25) is 0 Å². The minimum Gasteiger partial charge on any atom is -0.330 e. The number of rotatable bonds is 3. The van der Waals surface area contributed by atoms with E-state index in [1.807, 2.05) is 13.8 Å². The highest BCUT2D eigenvalue weighted by atomic mass is 19.4. The average molecular weight is 195 g/mol. The third kappa shape index (κ3) is 2.16. The molecule has 0 heterocycles. The van der Waals surface area contributed by atoms with Crippen LogP contribution in [0.1, 0.15) is 33.1 Å². The van der Waals surface area contributed by atoms with Crippen LogP contribution in [0.3, 0.4) is 0 Å². The van der Waals surface area contributed by atoms with Crippen molar-refractivity contribution in [2.24, 2.45) is 16.6 Å². The second-order valence-corrected chi connectivity index (χ2v) is 4.66. The highest BCUT2D eigenvalue weighted by Gasteiger charge is 2.60. The van der Waals surface area contributed by atoms with Crippen LogP contribution in [0.25, 0.3) is 0 Å². The molecule has 0 spiro atoms. The van der Waals surface area contributed by atoms with E-state index in [9.17, 15) is 13.2 Å². The zero-order chi connectivity index (χ0) is 10.3. The highest BCUT2D eigenvalue weighted by molar-refractivity contribution is 5.09. The summed E-state index contributed by atoms with van der Waals surface area (Å²) in [4.78, 5) is 0. The average Bonchev–Trinajstić information content (AvgIpc) is 2.49. The Hall–Kier alpha value is -0.250. The van der Waals surface area contributed by atoms with E-state index in [4.69, 9.17) is 5.73 Å². The van der Waals surface area contributed by atoms with Crippen molar-refractivity contribution >= 4 is 0 Å². The molecule has 1 aliphatic carbocycles. The van der Waals surface area contributed by atoms with E-state index >= 15 is 0 Å². The molecule has 2 N–H and O–H groups in total. The molecule has 4 heteroatoms. The van der Waals surface area contributed by atoms with E-state index in [0.717, 1.165) is 6.42 Å². The first-order chi connectivity index (χ1) is 5.72. The Balaban J connectivity index is 2.45. The zero-order valence-corrected chi connectivity index (χ0v) is 8.04. The van der Waals surface area contributed by atoms with Crippen LogP contribution in [0, 0.1) is 10.8 Å². The van der Waals surface area contributed by atoms with Gasteiger partial charge in [-0.25, -0.2) is 0 Å². The fourth-order valence-corrected chi connectivity index (χ4v) is 2.06. The Morgan fingerprint density at radius 1 is 1.31 bits per heavy atom. The van der Waals surface area contributed by atoms with Gasteiger partial charge in [0.05, 0.1) is 0 Å². The summed E-state index contributed by atoms with van der Waals surface area (Å²) >= 11 is 0. The fraction of sp³-hybridized carbons (Fsp3) is 1.00. The first kappa shape index (κ1) is 10.8. The molecule has 1 saturated carbocycles. The summed E-state index contributed by atoms with van der Waals surface area (Å²) in [5.41, 5.74) is 5.27. The number of hydrogen-bond acceptors (Lipinski definition) is 1. The van der Waals surface area contributed by atoms with Gasteiger partial charge in [-0.05, 0) is 30.2 Å². The largest absolute Gasteiger partial charge is 0.389 e. The predicted molar refractivity (Wildman–Crippen MR) is 45.2 cm³/mol. The first-order valence-corrected chi connectivity index (χ1v) is 4.49. The summed E-state index contributed by atoms with van der Waals surface area (Å²) in [5.74, 6) is 0. The van der Waals surface area contributed by atoms with Crippen molar-refractivity contribution in [1.82, 2.24) is 0 Å². The lowest BCUT2D eigenvalue weighted by Gasteiger charge is -2.18. The van der Waals surface area contributed by atoms with Gasteiger partial charge in [-0.3, -0.25) is 0 Å². The van der Waals surface area contributed by atoms with Gasteiger partial charge < -0.3 is 5.73 Å². The van der Waals surface area contributed by atoms with Gasteiger partial charge in [-0.1, -0.05) is 13.8 Å². The quantitative estimate of drug-likeness (QED) is 0.736. The predicted octanol–water partition coefficient (Wildman–Crippen LogP) is 2.70. The summed E-state index contributed by atoms with van der Waals surface area (Å²) in [6.07, 6.45) is -3.74. The molecular formula is C9H16F3N. The SMILES string of the molecule is CC1(C)CC1(CN)CCC(F)(F)F. The van der Waals surface area contributed by atoms with Crippen LogP contribution in [0.5, 0.6) is 0 Å². The molecule has 13 heavy (non-hydrogen) atoms. The molecule has 0 aromatic rings. The van der Waals surface area contributed by atoms with Crippen molar-refractivity contribution in [3.05, 3.63) is 0 Å². The first-order valence-electron chi connectivity index (χ1n) is 4.49. The Morgan fingerprint density at radius 3 is 2.00 bits per heavy atom. The van der Waals surface area contributed by atoms with E-state index in [2.05, 4.69) is 0 Å². The normalized spacial score (nSPS) is 31.8. The number of nitrogens with two attached hydrogens (primary N) is 1. The fourth-order valence-electron chi connectivity index (χ4n) is 2.06. The topological polar surface area (TPSA) is 26.0 Å². The van der Waals surface area contributed by atoms with Crippen molar-refractivity contribution in [3.8, 4) is 0 Å². The zero-order valence-electron chi connectivity index (χ0n) is 8.04. The third-order valence-electron chi connectivity index (χ3n) is 3.37. The van der Waals surface area contributed by atoms with Crippen molar-refractivity contribution in [2.75, 3.05) is 6.54 Å². The lowest BCUT2D eigenvalue weighted by atomic mass is 9.91. The Labute approximate surface area is 76.5 Å². The maximum atomic E-state index is 12.0. The van der Waals surface area contributed by atoms with Crippen LogP contribution in [0.15, 0.2) is 0 Å².